The Bertz CT molecular complexity index is 1100. The summed E-state index contributed by atoms with van der Waals surface area (Å²) in [6, 6.07) is 8.09. The Balaban J connectivity index is 0.00000432. The Hall–Kier alpha value is -2.55. The molecule has 180 valence electrons. The molecular formula is C20H19ClN5NaO7S. The van der Waals surface area contributed by atoms with E-state index in [0.29, 0.717) is 5.56 Å². The maximum Gasteiger partial charge on any atom is 1.00 e. The number of aliphatic carboxylic acids is 1. The van der Waals surface area contributed by atoms with Gasteiger partial charge in [-0.2, -0.15) is 0 Å². The van der Waals surface area contributed by atoms with Crippen LogP contribution in [0.1, 0.15) is 17.4 Å². The minimum atomic E-state index is -1.49. The van der Waals surface area contributed by atoms with E-state index in [-0.39, 0.29) is 65.1 Å². The zero-order valence-corrected chi connectivity index (χ0v) is 22.3. The van der Waals surface area contributed by atoms with Gasteiger partial charge in [0, 0.05) is 11.9 Å². The van der Waals surface area contributed by atoms with E-state index in [2.05, 4.69) is 20.8 Å². The van der Waals surface area contributed by atoms with Gasteiger partial charge in [-0.3, -0.25) is 19.2 Å². The van der Waals surface area contributed by atoms with Gasteiger partial charge >= 0.3 is 29.6 Å². The number of hydrogen-bond donors (Lipinski definition) is 2. The largest absolute Gasteiger partial charge is 1.00 e. The molecule has 1 saturated heterocycles. The zero-order valence-electron chi connectivity index (χ0n) is 18.7. The van der Waals surface area contributed by atoms with Crippen LogP contribution in [0.4, 0.5) is 5.13 Å². The molecule has 0 spiro atoms. The summed E-state index contributed by atoms with van der Waals surface area (Å²) in [5.41, 5.74) is 0.321. The number of carbonyl (C=O) groups excluding carboxylic acids is 4. The molecular weight excluding hydrogens is 513 g/mol. The van der Waals surface area contributed by atoms with Gasteiger partial charge in [-0.1, -0.05) is 35.5 Å². The van der Waals surface area contributed by atoms with Gasteiger partial charge in [-0.05, 0) is 5.56 Å². The Morgan fingerprint density at radius 1 is 1.34 bits per heavy atom. The first-order valence-corrected chi connectivity index (χ1v) is 11.2. The molecule has 1 aliphatic rings. The van der Waals surface area contributed by atoms with Crippen molar-refractivity contribution in [1.29, 1.82) is 0 Å². The van der Waals surface area contributed by atoms with Crippen molar-refractivity contribution in [3.63, 3.8) is 0 Å². The van der Waals surface area contributed by atoms with Crippen molar-refractivity contribution < 1.29 is 63.5 Å². The molecule has 2 heterocycles. The SMILES string of the molecule is CO/N=C(\C(=O)NC[C@H]1CN(OC(C(=O)[O-])c2ccccc2)C1=O)c1csc(NC(=O)CCl)n1.[Na+]. The number of nitrogens with zero attached hydrogens (tertiary/aromatic N) is 3. The van der Waals surface area contributed by atoms with Gasteiger partial charge in [0.05, 0.1) is 18.4 Å². The average molecular weight is 532 g/mol. The average Bonchev–Trinajstić information content (AvgIpc) is 3.29. The first-order chi connectivity index (χ1) is 16.3. The Morgan fingerprint density at radius 2 is 2.06 bits per heavy atom. The molecule has 12 nitrogen and oxygen atoms in total. The molecule has 1 aliphatic heterocycles. The topological polar surface area (TPSA) is 162 Å². The summed E-state index contributed by atoms with van der Waals surface area (Å²) in [6.07, 6.45) is -1.45. The number of rotatable bonds is 11. The predicted octanol–water partition coefficient (Wildman–Crippen LogP) is -3.33. The van der Waals surface area contributed by atoms with Crippen LogP contribution in [0.5, 0.6) is 0 Å². The summed E-state index contributed by atoms with van der Waals surface area (Å²) in [7, 11) is 1.25. The summed E-state index contributed by atoms with van der Waals surface area (Å²) in [4.78, 5) is 61.9. The van der Waals surface area contributed by atoms with Crippen LogP contribution in [-0.4, -0.2) is 65.5 Å². The number of nitrogens with one attached hydrogen (secondary N) is 2. The molecule has 1 fully saturated rings. The molecule has 1 aromatic carbocycles. The maximum atomic E-state index is 12.6. The van der Waals surface area contributed by atoms with E-state index in [1.54, 1.807) is 30.3 Å². The number of anilines is 1. The zero-order chi connectivity index (χ0) is 24.7. The molecule has 0 bridgehead atoms. The number of carboxylic acid groups (broad SMARTS) is 1. The third kappa shape index (κ3) is 7.46. The van der Waals surface area contributed by atoms with Crippen LogP contribution in [-0.2, 0) is 28.9 Å². The number of thiazole rings is 1. The van der Waals surface area contributed by atoms with Crippen molar-refractivity contribution in [2.45, 2.75) is 6.10 Å². The minimum Gasteiger partial charge on any atom is -0.547 e. The van der Waals surface area contributed by atoms with Crippen LogP contribution in [0.15, 0.2) is 40.9 Å². The summed E-state index contributed by atoms with van der Waals surface area (Å²) >= 11 is 6.51. The number of hydroxylamine groups is 2. The van der Waals surface area contributed by atoms with Crippen molar-refractivity contribution in [1.82, 2.24) is 15.4 Å². The number of hydrogen-bond acceptors (Lipinski definition) is 10. The number of amides is 3. The van der Waals surface area contributed by atoms with E-state index in [1.165, 1.54) is 12.5 Å². The number of aromatic nitrogens is 1. The smallest absolute Gasteiger partial charge is 0.547 e. The van der Waals surface area contributed by atoms with E-state index in [4.69, 9.17) is 21.3 Å². The number of halogens is 1. The quantitative estimate of drug-likeness (QED) is 0.1000. The summed E-state index contributed by atoms with van der Waals surface area (Å²) in [5, 5.41) is 22.8. The fraction of sp³-hybridized carbons (Fsp3) is 0.300. The van der Waals surface area contributed by atoms with Gasteiger partial charge in [-0.25, -0.2) is 10.0 Å². The molecule has 1 aromatic heterocycles. The Morgan fingerprint density at radius 3 is 2.66 bits per heavy atom. The molecule has 2 N–H and O–H groups in total. The second-order valence-electron chi connectivity index (χ2n) is 6.86. The Kier molecular flexibility index (Phi) is 11.1. The molecule has 15 heteroatoms. The minimum absolute atomic E-state index is 0. The molecule has 2 aromatic rings. The molecule has 35 heavy (non-hydrogen) atoms. The number of alkyl halides is 1. The van der Waals surface area contributed by atoms with E-state index < -0.39 is 35.7 Å². The number of benzene rings is 1. The van der Waals surface area contributed by atoms with Crippen LogP contribution in [0, 0.1) is 5.92 Å². The van der Waals surface area contributed by atoms with Crippen LogP contribution >= 0.6 is 22.9 Å². The summed E-state index contributed by atoms with van der Waals surface area (Å²) in [6.45, 7) is 0.0132. The van der Waals surface area contributed by atoms with E-state index in [1.807, 2.05) is 0 Å². The molecule has 0 saturated carbocycles. The third-order valence-corrected chi connectivity index (χ3v) is 5.55. The van der Waals surface area contributed by atoms with Crippen LogP contribution in [0.2, 0.25) is 0 Å². The molecule has 1 unspecified atom stereocenters. The van der Waals surface area contributed by atoms with Gasteiger partial charge in [0.2, 0.25) is 5.91 Å². The van der Waals surface area contributed by atoms with Gasteiger partial charge in [0.1, 0.15) is 24.8 Å². The molecule has 2 atom stereocenters. The third-order valence-electron chi connectivity index (χ3n) is 4.55. The number of carbonyl (C=O) groups is 4. The molecule has 3 rings (SSSR count). The van der Waals surface area contributed by atoms with Crippen molar-refractivity contribution >= 4 is 57.5 Å². The van der Waals surface area contributed by atoms with Gasteiger partial charge in [0.15, 0.2) is 10.8 Å². The second kappa shape index (κ2) is 13.5. The van der Waals surface area contributed by atoms with Gasteiger partial charge < -0.3 is 25.4 Å². The van der Waals surface area contributed by atoms with Gasteiger partial charge in [0.25, 0.3) is 11.8 Å². The van der Waals surface area contributed by atoms with Crippen molar-refractivity contribution in [2.24, 2.45) is 11.1 Å². The van der Waals surface area contributed by atoms with Crippen LogP contribution < -0.4 is 45.3 Å². The molecule has 0 aliphatic carbocycles. The molecule has 3 amide bonds. The van der Waals surface area contributed by atoms with Crippen molar-refractivity contribution in [3.05, 3.63) is 47.0 Å². The normalized spacial score (nSPS) is 15.9. The monoisotopic (exact) mass is 531 g/mol. The van der Waals surface area contributed by atoms with E-state index >= 15 is 0 Å². The fourth-order valence-electron chi connectivity index (χ4n) is 2.89. The summed E-state index contributed by atoms with van der Waals surface area (Å²) in [5.74, 6) is -3.97. The maximum absolute atomic E-state index is 12.6. The summed E-state index contributed by atoms with van der Waals surface area (Å²) < 4.78 is 0. The number of oxime groups is 1. The number of β-lactam (4-membered cyclic amide) rings is 1. The fourth-order valence-corrected chi connectivity index (χ4v) is 3.67. The van der Waals surface area contributed by atoms with Gasteiger partial charge in [-0.15, -0.1) is 22.9 Å². The molecule has 0 radical (unpaired) electrons. The number of carboxylic acids is 1. The van der Waals surface area contributed by atoms with Crippen LogP contribution in [0.25, 0.3) is 0 Å². The second-order valence-corrected chi connectivity index (χ2v) is 7.99. The Labute approximate surface area is 230 Å². The first-order valence-electron chi connectivity index (χ1n) is 9.79. The van der Waals surface area contributed by atoms with Crippen LogP contribution in [0.3, 0.4) is 0 Å². The van der Waals surface area contributed by atoms with E-state index in [0.717, 1.165) is 16.4 Å². The van der Waals surface area contributed by atoms with Crippen molar-refractivity contribution in [2.75, 3.05) is 31.4 Å². The predicted molar refractivity (Wildman–Crippen MR) is 118 cm³/mol. The standard InChI is InChI=1S/C20H20ClN5O7S.Na/c1-32-25-15(13-10-34-20(23-13)24-14(27)7-21)17(28)22-8-12-9-26(18(12)29)33-16(19(30)31)11-5-3-2-4-6-11;/h2-6,10,12,16H,7-9H2,1H3,(H,22,28)(H,30,31)(H,23,24,27);/q;+1/p-1/b25-15-;/t12-,16?;/m0./s1. The van der Waals surface area contributed by atoms with E-state index in [9.17, 15) is 24.3 Å². The first kappa shape index (κ1) is 28.7. The van der Waals surface area contributed by atoms with Crippen molar-refractivity contribution in [3.8, 4) is 0 Å².